The third kappa shape index (κ3) is 1.83. The Labute approximate surface area is 115 Å². The third-order valence-corrected chi connectivity index (χ3v) is 4.34. The molecule has 3 rings (SSSR count). The van der Waals surface area contributed by atoms with E-state index in [2.05, 4.69) is 15.3 Å². The van der Waals surface area contributed by atoms with E-state index in [4.69, 9.17) is 5.73 Å². The van der Waals surface area contributed by atoms with Crippen LogP contribution in [0.4, 0.5) is 17.5 Å². The fraction of sp³-hybridized carbons (Fsp3) is 0.667. The highest BCUT2D eigenvalue weighted by Gasteiger charge is 2.48. The van der Waals surface area contributed by atoms with Crippen LogP contribution < -0.4 is 21.5 Å². The molecule has 8 heteroatoms. The predicted octanol–water partition coefficient (Wildman–Crippen LogP) is -1.08. The normalized spacial score (nSPS) is 29.6. The number of aliphatic hydroxyl groups is 2. The van der Waals surface area contributed by atoms with Gasteiger partial charge in [-0.25, -0.2) is 0 Å². The van der Waals surface area contributed by atoms with Crippen molar-refractivity contribution in [3.05, 3.63) is 10.4 Å². The van der Waals surface area contributed by atoms with Gasteiger partial charge in [0.2, 0.25) is 5.95 Å². The predicted molar refractivity (Wildman–Crippen MR) is 74.4 cm³/mol. The molecule has 0 spiro atoms. The Hall–Kier alpha value is -1.80. The van der Waals surface area contributed by atoms with Crippen molar-refractivity contribution in [3.8, 4) is 0 Å². The lowest BCUT2D eigenvalue weighted by Crippen LogP contribution is -2.57. The quantitative estimate of drug-likeness (QED) is 0.477. The number of hydrogen-bond acceptors (Lipinski definition) is 7. The molecule has 0 amide bonds. The molecule has 20 heavy (non-hydrogen) atoms. The van der Waals surface area contributed by atoms with E-state index in [1.807, 2.05) is 4.90 Å². The molecule has 0 radical (unpaired) electrons. The topological polar surface area (TPSA) is 128 Å². The SMILES string of the molecule is CC(O)C1C(CO)CC1N1CNc2c1nc(N)[nH]c2=O. The monoisotopic (exact) mass is 281 g/mol. The van der Waals surface area contributed by atoms with Gasteiger partial charge in [-0.15, -0.1) is 0 Å². The third-order valence-electron chi connectivity index (χ3n) is 4.34. The number of hydrogen-bond donors (Lipinski definition) is 5. The number of rotatable bonds is 3. The van der Waals surface area contributed by atoms with Gasteiger partial charge in [-0.1, -0.05) is 0 Å². The number of H-pyrrole nitrogens is 1. The van der Waals surface area contributed by atoms with E-state index in [0.29, 0.717) is 18.2 Å². The van der Waals surface area contributed by atoms with Gasteiger partial charge in [0.1, 0.15) is 5.69 Å². The maximum absolute atomic E-state index is 11.8. The molecule has 1 aliphatic heterocycles. The standard InChI is InChI=1S/C12H19N5O3/c1-5(19)8-6(3-18)2-7(8)17-4-14-9-10(17)15-12(13)16-11(9)20/h5-8,14,18-19H,2-4H2,1H3,(H3,13,15,16,20). The van der Waals surface area contributed by atoms with Crippen LogP contribution >= 0.6 is 0 Å². The molecule has 1 aliphatic carbocycles. The van der Waals surface area contributed by atoms with Crippen LogP contribution in [-0.4, -0.2) is 45.6 Å². The van der Waals surface area contributed by atoms with E-state index in [0.717, 1.165) is 6.42 Å². The molecular weight excluding hydrogens is 262 g/mol. The summed E-state index contributed by atoms with van der Waals surface area (Å²) in [5, 5.41) is 22.2. The summed E-state index contributed by atoms with van der Waals surface area (Å²) in [7, 11) is 0. The second kappa shape index (κ2) is 4.64. The van der Waals surface area contributed by atoms with Gasteiger partial charge in [0.25, 0.3) is 5.56 Å². The molecule has 2 aliphatic rings. The minimum absolute atomic E-state index is 0.0323. The van der Waals surface area contributed by atoms with E-state index in [1.165, 1.54) is 0 Å². The van der Waals surface area contributed by atoms with E-state index in [-0.39, 0.29) is 36.0 Å². The van der Waals surface area contributed by atoms with Crippen molar-refractivity contribution >= 4 is 17.5 Å². The second-order valence-electron chi connectivity index (χ2n) is 5.52. The van der Waals surface area contributed by atoms with Crippen molar-refractivity contribution in [1.29, 1.82) is 0 Å². The van der Waals surface area contributed by atoms with Gasteiger partial charge in [0.05, 0.1) is 12.8 Å². The number of aliphatic hydroxyl groups excluding tert-OH is 2. The molecule has 6 N–H and O–H groups in total. The molecule has 0 bridgehead atoms. The Bertz CT molecular complexity index is 573. The molecule has 4 unspecified atom stereocenters. The van der Waals surface area contributed by atoms with Crippen LogP contribution in [0.25, 0.3) is 0 Å². The summed E-state index contributed by atoms with van der Waals surface area (Å²) in [5.74, 6) is 0.658. The Balaban J connectivity index is 1.90. The first-order valence-electron chi connectivity index (χ1n) is 6.72. The molecule has 110 valence electrons. The molecule has 0 aromatic carbocycles. The molecule has 1 aromatic rings. The van der Waals surface area contributed by atoms with Crippen LogP contribution in [0, 0.1) is 11.8 Å². The lowest BCUT2D eigenvalue weighted by Gasteiger charge is -2.49. The van der Waals surface area contributed by atoms with Gasteiger partial charge in [0.15, 0.2) is 5.82 Å². The molecular formula is C12H19N5O3. The fourth-order valence-corrected chi connectivity index (χ4v) is 3.35. The largest absolute Gasteiger partial charge is 0.396 e. The number of nitrogen functional groups attached to an aromatic ring is 1. The molecule has 1 aromatic heterocycles. The number of anilines is 3. The molecule has 1 saturated carbocycles. The molecule has 8 nitrogen and oxygen atoms in total. The van der Waals surface area contributed by atoms with Gasteiger partial charge < -0.3 is 26.2 Å². The van der Waals surface area contributed by atoms with Crippen LogP contribution in [0.3, 0.4) is 0 Å². The highest BCUT2D eigenvalue weighted by Crippen LogP contribution is 2.43. The maximum atomic E-state index is 11.8. The van der Waals surface area contributed by atoms with Gasteiger partial charge in [0, 0.05) is 18.6 Å². The highest BCUT2D eigenvalue weighted by atomic mass is 16.3. The highest BCUT2D eigenvalue weighted by molar-refractivity contribution is 5.71. The number of nitrogens with two attached hydrogens (primary N) is 1. The number of nitrogens with one attached hydrogen (secondary N) is 2. The first kappa shape index (κ1) is 13.2. The summed E-state index contributed by atoms with van der Waals surface area (Å²) in [6.45, 7) is 2.25. The summed E-state index contributed by atoms with van der Waals surface area (Å²) in [5.41, 5.74) is 5.71. The Morgan fingerprint density at radius 2 is 2.35 bits per heavy atom. The van der Waals surface area contributed by atoms with E-state index < -0.39 is 6.10 Å². The zero-order chi connectivity index (χ0) is 14.4. The van der Waals surface area contributed by atoms with Gasteiger partial charge in [-0.3, -0.25) is 9.78 Å². The summed E-state index contributed by atoms with van der Waals surface area (Å²) in [6.07, 6.45) is 0.246. The first-order valence-corrected chi connectivity index (χ1v) is 6.72. The van der Waals surface area contributed by atoms with Crippen molar-refractivity contribution in [2.75, 3.05) is 29.2 Å². The minimum atomic E-state index is -0.519. The maximum Gasteiger partial charge on any atom is 0.277 e. The van der Waals surface area contributed by atoms with Crippen molar-refractivity contribution in [2.24, 2.45) is 11.8 Å². The Morgan fingerprint density at radius 1 is 1.60 bits per heavy atom. The zero-order valence-corrected chi connectivity index (χ0v) is 11.2. The average molecular weight is 281 g/mol. The zero-order valence-electron chi connectivity index (χ0n) is 11.2. The van der Waals surface area contributed by atoms with Gasteiger partial charge in [-0.05, 0) is 19.3 Å². The van der Waals surface area contributed by atoms with Gasteiger partial charge >= 0.3 is 0 Å². The Kier molecular flexibility index (Phi) is 3.06. The Morgan fingerprint density at radius 3 is 3.00 bits per heavy atom. The second-order valence-corrected chi connectivity index (χ2v) is 5.52. The van der Waals surface area contributed by atoms with Crippen LogP contribution in [0.1, 0.15) is 13.3 Å². The van der Waals surface area contributed by atoms with Crippen LogP contribution in [-0.2, 0) is 0 Å². The van der Waals surface area contributed by atoms with Crippen molar-refractivity contribution in [2.45, 2.75) is 25.5 Å². The number of aromatic nitrogens is 2. The summed E-state index contributed by atoms with van der Waals surface area (Å²) < 4.78 is 0. The smallest absolute Gasteiger partial charge is 0.277 e. The summed E-state index contributed by atoms with van der Waals surface area (Å²) in [6, 6.07) is 0.0506. The lowest BCUT2D eigenvalue weighted by atomic mass is 9.66. The summed E-state index contributed by atoms with van der Waals surface area (Å²) in [4.78, 5) is 20.4. The molecule has 2 heterocycles. The lowest BCUT2D eigenvalue weighted by molar-refractivity contribution is -0.0223. The van der Waals surface area contributed by atoms with E-state index in [9.17, 15) is 15.0 Å². The average Bonchev–Trinajstić information content (AvgIpc) is 2.71. The van der Waals surface area contributed by atoms with Crippen LogP contribution in [0.2, 0.25) is 0 Å². The molecule has 4 atom stereocenters. The van der Waals surface area contributed by atoms with Crippen LogP contribution in [0.5, 0.6) is 0 Å². The van der Waals surface area contributed by atoms with E-state index in [1.54, 1.807) is 6.92 Å². The minimum Gasteiger partial charge on any atom is -0.396 e. The van der Waals surface area contributed by atoms with Crippen LogP contribution in [0.15, 0.2) is 4.79 Å². The first-order chi connectivity index (χ1) is 9.52. The number of aromatic amines is 1. The fourth-order valence-electron chi connectivity index (χ4n) is 3.35. The molecule has 1 fully saturated rings. The number of fused-ring (bicyclic) bond motifs is 1. The van der Waals surface area contributed by atoms with Gasteiger partial charge in [-0.2, -0.15) is 4.98 Å². The van der Waals surface area contributed by atoms with E-state index >= 15 is 0 Å². The van der Waals surface area contributed by atoms with Crippen molar-refractivity contribution < 1.29 is 10.2 Å². The molecule has 0 saturated heterocycles. The number of nitrogens with zero attached hydrogens (tertiary/aromatic N) is 2. The van der Waals surface area contributed by atoms with Crippen molar-refractivity contribution in [1.82, 2.24) is 9.97 Å². The summed E-state index contributed by atoms with van der Waals surface area (Å²) >= 11 is 0. The van der Waals surface area contributed by atoms with Crippen molar-refractivity contribution in [3.63, 3.8) is 0 Å².